The molecule has 1 aliphatic heterocycles. The second-order valence-corrected chi connectivity index (χ2v) is 5.24. The molecule has 1 aromatic rings. The summed E-state index contributed by atoms with van der Waals surface area (Å²) in [5.74, 6) is 0.332. The van der Waals surface area contributed by atoms with Crippen molar-refractivity contribution in [3.8, 4) is 5.75 Å². The third kappa shape index (κ3) is 3.70. The number of nitrogens with one attached hydrogen (secondary N) is 1. The quantitative estimate of drug-likeness (QED) is 0.907. The molecule has 1 N–H and O–H groups in total. The zero-order valence-corrected chi connectivity index (χ0v) is 12.1. The first kappa shape index (κ1) is 13.9. The maximum absolute atomic E-state index is 12.1. The number of benzene rings is 1. The van der Waals surface area contributed by atoms with Gasteiger partial charge in [0, 0.05) is 17.6 Å². The van der Waals surface area contributed by atoms with Gasteiger partial charge >= 0.3 is 0 Å². The molecule has 2 amide bonds. The molecule has 1 aliphatic rings. The Hall–Kier alpha value is -1.56. The van der Waals surface area contributed by atoms with E-state index in [0.717, 1.165) is 4.47 Å². The van der Waals surface area contributed by atoms with Crippen molar-refractivity contribution in [1.29, 1.82) is 0 Å². The first-order valence-electron chi connectivity index (χ1n) is 6.04. The van der Waals surface area contributed by atoms with Gasteiger partial charge in [0.25, 0.3) is 5.91 Å². The Kier molecular flexibility index (Phi) is 4.42. The molecule has 0 aromatic heterocycles. The fourth-order valence-corrected chi connectivity index (χ4v) is 2.12. The lowest BCUT2D eigenvalue weighted by molar-refractivity contribution is -0.143. The molecule has 0 aliphatic carbocycles. The van der Waals surface area contributed by atoms with Crippen LogP contribution in [0.25, 0.3) is 0 Å². The number of hydrogen-bond acceptors (Lipinski definition) is 3. The highest BCUT2D eigenvalue weighted by atomic mass is 79.9. The Morgan fingerprint density at radius 2 is 2.11 bits per heavy atom. The summed E-state index contributed by atoms with van der Waals surface area (Å²) in [5, 5.41) is 2.68. The van der Waals surface area contributed by atoms with Gasteiger partial charge in [-0.2, -0.15) is 0 Å². The van der Waals surface area contributed by atoms with Crippen LogP contribution in [-0.2, 0) is 9.59 Å². The number of nitrogens with zero attached hydrogens (tertiary/aromatic N) is 1. The Labute approximate surface area is 120 Å². The Morgan fingerprint density at radius 1 is 1.42 bits per heavy atom. The van der Waals surface area contributed by atoms with E-state index in [1.165, 1.54) is 4.90 Å². The average molecular weight is 327 g/mol. The van der Waals surface area contributed by atoms with Crippen LogP contribution in [0.4, 0.5) is 0 Å². The molecule has 0 radical (unpaired) electrons. The standard InChI is InChI=1S/C13H15BrN2O3/c1-9(19-11-4-2-10(14)3-5-11)13(18)16-7-6-15-12(17)8-16/h2-5,9H,6-8H2,1H3,(H,15,17). The van der Waals surface area contributed by atoms with Gasteiger partial charge in [-0.15, -0.1) is 0 Å². The lowest BCUT2D eigenvalue weighted by Crippen LogP contribution is -2.53. The molecule has 1 aromatic carbocycles. The highest BCUT2D eigenvalue weighted by molar-refractivity contribution is 9.10. The van der Waals surface area contributed by atoms with Crippen LogP contribution in [0.1, 0.15) is 6.92 Å². The lowest BCUT2D eigenvalue weighted by atomic mass is 10.2. The zero-order chi connectivity index (χ0) is 13.8. The van der Waals surface area contributed by atoms with Crippen molar-refractivity contribution >= 4 is 27.7 Å². The van der Waals surface area contributed by atoms with Crippen molar-refractivity contribution in [2.24, 2.45) is 0 Å². The van der Waals surface area contributed by atoms with Crippen LogP contribution in [0.3, 0.4) is 0 Å². The van der Waals surface area contributed by atoms with E-state index in [1.54, 1.807) is 19.1 Å². The lowest BCUT2D eigenvalue weighted by Gasteiger charge is -2.29. The molecule has 1 atom stereocenters. The van der Waals surface area contributed by atoms with Gasteiger partial charge < -0.3 is 15.0 Å². The number of carbonyl (C=O) groups is 2. The van der Waals surface area contributed by atoms with E-state index in [0.29, 0.717) is 18.8 Å². The summed E-state index contributed by atoms with van der Waals surface area (Å²) in [6.07, 6.45) is -0.605. The van der Waals surface area contributed by atoms with Gasteiger partial charge in [-0.25, -0.2) is 0 Å². The topological polar surface area (TPSA) is 58.6 Å². The molecule has 1 saturated heterocycles. The van der Waals surface area contributed by atoms with E-state index in [9.17, 15) is 9.59 Å². The van der Waals surface area contributed by atoms with Crippen LogP contribution in [0.5, 0.6) is 5.75 Å². The minimum absolute atomic E-state index is 0.104. The fraction of sp³-hybridized carbons (Fsp3) is 0.385. The summed E-state index contributed by atoms with van der Waals surface area (Å²) < 4.78 is 6.53. The Morgan fingerprint density at radius 3 is 2.74 bits per heavy atom. The van der Waals surface area contributed by atoms with Crippen LogP contribution in [0.2, 0.25) is 0 Å². The van der Waals surface area contributed by atoms with E-state index in [2.05, 4.69) is 21.2 Å². The maximum atomic E-state index is 12.1. The summed E-state index contributed by atoms with van der Waals surface area (Å²) in [6, 6.07) is 7.27. The van der Waals surface area contributed by atoms with E-state index in [-0.39, 0.29) is 18.4 Å². The van der Waals surface area contributed by atoms with Gasteiger partial charge in [0.2, 0.25) is 5.91 Å². The molecular weight excluding hydrogens is 312 g/mol. The molecular formula is C13H15BrN2O3. The number of rotatable bonds is 3. The Bertz CT molecular complexity index is 475. The van der Waals surface area contributed by atoms with Crippen molar-refractivity contribution < 1.29 is 14.3 Å². The van der Waals surface area contributed by atoms with Gasteiger partial charge in [-0.1, -0.05) is 15.9 Å². The molecule has 102 valence electrons. The number of carbonyl (C=O) groups excluding carboxylic acids is 2. The summed E-state index contributed by atoms with van der Waals surface area (Å²) in [6.45, 7) is 2.82. The summed E-state index contributed by atoms with van der Waals surface area (Å²) in [4.78, 5) is 24.9. The molecule has 0 saturated carbocycles. The normalized spacial score (nSPS) is 16.7. The van der Waals surface area contributed by atoms with Crippen LogP contribution in [-0.4, -0.2) is 42.5 Å². The molecule has 2 rings (SSSR count). The second-order valence-electron chi connectivity index (χ2n) is 4.32. The van der Waals surface area contributed by atoms with Gasteiger partial charge in [-0.05, 0) is 31.2 Å². The number of halogens is 1. The van der Waals surface area contributed by atoms with Crippen molar-refractivity contribution in [3.63, 3.8) is 0 Å². The molecule has 1 unspecified atom stereocenters. The summed E-state index contributed by atoms with van der Waals surface area (Å²) >= 11 is 3.33. The second kappa shape index (κ2) is 6.06. The van der Waals surface area contributed by atoms with Gasteiger partial charge in [0.05, 0.1) is 6.54 Å². The molecule has 1 fully saturated rings. The summed E-state index contributed by atoms with van der Waals surface area (Å²) in [7, 11) is 0. The van der Waals surface area contributed by atoms with Crippen molar-refractivity contribution in [2.45, 2.75) is 13.0 Å². The van der Waals surface area contributed by atoms with E-state index in [4.69, 9.17) is 4.74 Å². The van der Waals surface area contributed by atoms with Gasteiger partial charge in [0.1, 0.15) is 5.75 Å². The highest BCUT2D eigenvalue weighted by Gasteiger charge is 2.26. The van der Waals surface area contributed by atoms with Crippen molar-refractivity contribution in [1.82, 2.24) is 10.2 Å². The van der Waals surface area contributed by atoms with E-state index in [1.807, 2.05) is 12.1 Å². The predicted octanol–water partition coefficient (Wildman–Crippen LogP) is 1.17. The predicted molar refractivity (Wildman–Crippen MR) is 73.8 cm³/mol. The number of ether oxygens (including phenoxy) is 1. The molecule has 6 heteroatoms. The highest BCUT2D eigenvalue weighted by Crippen LogP contribution is 2.17. The number of amides is 2. The van der Waals surface area contributed by atoms with Gasteiger partial charge in [-0.3, -0.25) is 9.59 Å². The van der Waals surface area contributed by atoms with Crippen LogP contribution < -0.4 is 10.1 Å². The average Bonchev–Trinajstić information content (AvgIpc) is 2.40. The SMILES string of the molecule is CC(Oc1ccc(Br)cc1)C(=O)N1CCNC(=O)C1. The smallest absolute Gasteiger partial charge is 0.263 e. The minimum Gasteiger partial charge on any atom is -0.481 e. The monoisotopic (exact) mass is 326 g/mol. The van der Waals surface area contributed by atoms with Crippen molar-refractivity contribution in [2.75, 3.05) is 19.6 Å². The van der Waals surface area contributed by atoms with Crippen LogP contribution in [0, 0.1) is 0 Å². The molecule has 5 nitrogen and oxygen atoms in total. The molecule has 0 bridgehead atoms. The van der Waals surface area contributed by atoms with Gasteiger partial charge in [0.15, 0.2) is 6.10 Å². The number of hydrogen-bond donors (Lipinski definition) is 1. The van der Waals surface area contributed by atoms with Crippen LogP contribution >= 0.6 is 15.9 Å². The summed E-state index contributed by atoms with van der Waals surface area (Å²) in [5.41, 5.74) is 0. The van der Waals surface area contributed by atoms with E-state index < -0.39 is 6.10 Å². The molecule has 0 spiro atoms. The minimum atomic E-state index is -0.605. The first-order valence-corrected chi connectivity index (χ1v) is 6.83. The Balaban J connectivity index is 1.95. The number of piperazine rings is 1. The van der Waals surface area contributed by atoms with Crippen LogP contribution in [0.15, 0.2) is 28.7 Å². The zero-order valence-electron chi connectivity index (χ0n) is 10.6. The van der Waals surface area contributed by atoms with E-state index >= 15 is 0 Å². The first-order chi connectivity index (χ1) is 9.06. The maximum Gasteiger partial charge on any atom is 0.263 e. The molecule has 19 heavy (non-hydrogen) atoms. The van der Waals surface area contributed by atoms with Crippen molar-refractivity contribution in [3.05, 3.63) is 28.7 Å². The third-order valence-electron chi connectivity index (χ3n) is 2.82. The largest absolute Gasteiger partial charge is 0.481 e. The fourth-order valence-electron chi connectivity index (χ4n) is 1.85. The third-order valence-corrected chi connectivity index (χ3v) is 3.35. The molecule has 1 heterocycles.